The zero-order valence-electron chi connectivity index (χ0n) is 9.43. The highest BCUT2D eigenvalue weighted by molar-refractivity contribution is 7.91. The molecule has 1 aliphatic heterocycles. The lowest BCUT2D eigenvalue weighted by Gasteiger charge is -2.25. The van der Waals surface area contributed by atoms with Gasteiger partial charge in [-0.2, -0.15) is 0 Å². The van der Waals surface area contributed by atoms with Crippen LogP contribution in [0.5, 0.6) is 5.75 Å². The summed E-state index contributed by atoms with van der Waals surface area (Å²) in [5, 5.41) is 2.51. The highest BCUT2D eigenvalue weighted by atomic mass is 35.5. The van der Waals surface area contributed by atoms with Crippen LogP contribution >= 0.6 is 11.6 Å². The molecule has 1 heterocycles. The van der Waals surface area contributed by atoms with Gasteiger partial charge in [-0.25, -0.2) is 8.42 Å². The van der Waals surface area contributed by atoms with E-state index in [1.807, 2.05) is 0 Å². The van der Waals surface area contributed by atoms with Gasteiger partial charge in [0.1, 0.15) is 22.6 Å². The molecular weight excluding hydrogens is 278 g/mol. The number of amides is 1. The first-order valence-electron chi connectivity index (χ1n) is 5.34. The molecule has 5 nitrogen and oxygen atoms in total. The molecule has 0 fully saturated rings. The van der Waals surface area contributed by atoms with Crippen LogP contribution in [-0.4, -0.2) is 38.6 Å². The van der Waals surface area contributed by atoms with Crippen molar-refractivity contribution in [1.29, 1.82) is 0 Å². The molecule has 2 rings (SSSR count). The van der Waals surface area contributed by atoms with Crippen molar-refractivity contribution in [2.75, 3.05) is 18.2 Å². The Kier molecular flexibility index (Phi) is 3.77. The number of hydrogen-bond acceptors (Lipinski definition) is 4. The van der Waals surface area contributed by atoms with E-state index < -0.39 is 15.9 Å². The maximum atomic E-state index is 12.0. The van der Waals surface area contributed by atoms with Crippen LogP contribution in [0.15, 0.2) is 29.2 Å². The van der Waals surface area contributed by atoms with Gasteiger partial charge in [0.2, 0.25) is 5.91 Å². The minimum Gasteiger partial charge on any atom is -0.486 e. The molecule has 7 heteroatoms. The monoisotopic (exact) mass is 289 g/mol. The Labute approximate surface area is 110 Å². The number of carbonyl (C=O) groups excluding carboxylic acids is 1. The molecular formula is C11H12ClNO4S. The van der Waals surface area contributed by atoms with Gasteiger partial charge in [-0.3, -0.25) is 4.79 Å². The summed E-state index contributed by atoms with van der Waals surface area (Å²) in [6.07, 6.45) is -0.586. The summed E-state index contributed by atoms with van der Waals surface area (Å²) in [5.74, 6) is -0.326. The van der Waals surface area contributed by atoms with Crippen LogP contribution in [-0.2, 0) is 14.6 Å². The lowest BCUT2D eigenvalue weighted by atomic mass is 10.3. The second-order valence-electron chi connectivity index (χ2n) is 3.91. The van der Waals surface area contributed by atoms with Crippen LogP contribution in [0.3, 0.4) is 0 Å². The summed E-state index contributed by atoms with van der Waals surface area (Å²) in [5.41, 5.74) is 0. The summed E-state index contributed by atoms with van der Waals surface area (Å²) in [7, 11) is -3.36. The number of sulfone groups is 1. The van der Waals surface area contributed by atoms with Crippen LogP contribution in [0.2, 0.25) is 0 Å². The largest absolute Gasteiger partial charge is 0.486 e. The molecule has 0 spiro atoms. The van der Waals surface area contributed by atoms with Crippen molar-refractivity contribution in [3.05, 3.63) is 24.3 Å². The van der Waals surface area contributed by atoms with Gasteiger partial charge in [0, 0.05) is 0 Å². The van der Waals surface area contributed by atoms with Gasteiger partial charge in [0.05, 0.1) is 12.3 Å². The van der Waals surface area contributed by atoms with Crippen molar-refractivity contribution in [2.24, 2.45) is 0 Å². The van der Waals surface area contributed by atoms with Crippen molar-refractivity contribution in [1.82, 2.24) is 5.32 Å². The van der Waals surface area contributed by atoms with E-state index in [9.17, 15) is 13.2 Å². The number of alkyl halides is 1. The van der Waals surface area contributed by atoms with Crippen molar-refractivity contribution >= 4 is 27.3 Å². The number of rotatable bonds is 3. The molecule has 1 amide bonds. The summed E-state index contributed by atoms with van der Waals surface area (Å²) in [6, 6.07) is 6.46. The Morgan fingerprint density at radius 1 is 1.44 bits per heavy atom. The highest BCUT2D eigenvalue weighted by Gasteiger charge is 2.31. The predicted octanol–water partition coefficient (Wildman–Crippen LogP) is 0.576. The van der Waals surface area contributed by atoms with Gasteiger partial charge < -0.3 is 10.1 Å². The van der Waals surface area contributed by atoms with E-state index in [2.05, 4.69) is 5.32 Å². The third kappa shape index (κ3) is 2.76. The van der Waals surface area contributed by atoms with Crippen molar-refractivity contribution in [3.63, 3.8) is 0 Å². The minimum absolute atomic E-state index is 0.124. The minimum atomic E-state index is -3.36. The quantitative estimate of drug-likeness (QED) is 0.826. The fourth-order valence-electron chi connectivity index (χ4n) is 1.73. The number of nitrogens with one attached hydrogen (secondary N) is 1. The molecule has 0 aromatic heterocycles. The molecule has 98 valence electrons. The van der Waals surface area contributed by atoms with E-state index in [0.717, 1.165) is 0 Å². The average Bonchev–Trinajstić information content (AvgIpc) is 2.35. The second-order valence-corrected chi connectivity index (χ2v) is 6.18. The standard InChI is InChI=1S/C11H12ClNO4S/c12-5-11(14)13-6-8-7-18(15,16)10-4-2-1-3-9(10)17-8/h1-4,8H,5-7H2,(H,13,14). The molecule has 0 saturated carbocycles. The molecule has 0 radical (unpaired) electrons. The van der Waals surface area contributed by atoms with Gasteiger partial charge in [-0.1, -0.05) is 12.1 Å². The zero-order valence-corrected chi connectivity index (χ0v) is 11.0. The Bertz CT molecular complexity index is 558. The number of halogens is 1. The third-order valence-electron chi connectivity index (χ3n) is 2.53. The van der Waals surface area contributed by atoms with Crippen LogP contribution in [0.25, 0.3) is 0 Å². The normalized spacial score (nSPS) is 20.6. The lowest BCUT2D eigenvalue weighted by molar-refractivity contribution is -0.119. The first-order chi connectivity index (χ1) is 8.53. The lowest BCUT2D eigenvalue weighted by Crippen LogP contribution is -2.42. The number of carbonyl (C=O) groups is 1. The first-order valence-corrected chi connectivity index (χ1v) is 7.53. The number of hydrogen-bond donors (Lipinski definition) is 1. The van der Waals surface area contributed by atoms with E-state index in [0.29, 0.717) is 5.75 Å². The summed E-state index contributed by atoms with van der Waals surface area (Å²) in [6.45, 7) is 0.124. The van der Waals surface area contributed by atoms with Gasteiger partial charge in [-0.15, -0.1) is 11.6 Å². The Hall–Kier alpha value is -1.27. The van der Waals surface area contributed by atoms with Crippen LogP contribution < -0.4 is 10.1 Å². The Balaban J connectivity index is 2.14. The van der Waals surface area contributed by atoms with E-state index in [1.54, 1.807) is 18.2 Å². The van der Waals surface area contributed by atoms with Gasteiger partial charge in [-0.05, 0) is 12.1 Å². The third-order valence-corrected chi connectivity index (χ3v) is 4.59. The Morgan fingerprint density at radius 3 is 2.89 bits per heavy atom. The fraction of sp³-hybridized carbons (Fsp3) is 0.364. The maximum Gasteiger partial charge on any atom is 0.235 e. The number of para-hydroxylation sites is 1. The topological polar surface area (TPSA) is 72.5 Å². The van der Waals surface area contributed by atoms with Crippen LogP contribution in [0, 0.1) is 0 Å². The first kappa shape index (κ1) is 13.2. The molecule has 18 heavy (non-hydrogen) atoms. The molecule has 1 unspecified atom stereocenters. The molecule has 1 atom stereocenters. The van der Waals surface area contributed by atoms with Crippen LogP contribution in [0.4, 0.5) is 0 Å². The van der Waals surface area contributed by atoms with Crippen molar-refractivity contribution in [2.45, 2.75) is 11.0 Å². The molecule has 1 aromatic rings. The molecule has 1 aromatic carbocycles. The van der Waals surface area contributed by atoms with E-state index in [-0.39, 0.29) is 29.0 Å². The van der Waals surface area contributed by atoms with Gasteiger partial charge in [0.25, 0.3) is 0 Å². The van der Waals surface area contributed by atoms with Gasteiger partial charge >= 0.3 is 0 Å². The van der Waals surface area contributed by atoms with E-state index >= 15 is 0 Å². The number of fused-ring (bicyclic) bond motifs is 1. The second kappa shape index (κ2) is 5.16. The number of ether oxygens (including phenoxy) is 1. The maximum absolute atomic E-state index is 12.0. The fourth-order valence-corrected chi connectivity index (χ4v) is 3.39. The smallest absolute Gasteiger partial charge is 0.235 e. The van der Waals surface area contributed by atoms with Crippen molar-refractivity contribution in [3.8, 4) is 5.75 Å². The summed E-state index contributed by atoms with van der Waals surface area (Å²) < 4.78 is 29.5. The molecule has 0 saturated heterocycles. The van der Waals surface area contributed by atoms with E-state index in [4.69, 9.17) is 16.3 Å². The molecule has 1 N–H and O–H groups in total. The average molecular weight is 290 g/mol. The van der Waals surface area contributed by atoms with Crippen molar-refractivity contribution < 1.29 is 17.9 Å². The molecule has 1 aliphatic rings. The summed E-state index contributed by atoms with van der Waals surface area (Å²) in [4.78, 5) is 11.2. The number of benzene rings is 1. The van der Waals surface area contributed by atoms with E-state index in [1.165, 1.54) is 6.07 Å². The SMILES string of the molecule is O=C(CCl)NCC1CS(=O)(=O)c2ccccc2O1. The van der Waals surface area contributed by atoms with Crippen LogP contribution in [0.1, 0.15) is 0 Å². The molecule has 0 aliphatic carbocycles. The summed E-state index contributed by atoms with van der Waals surface area (Å²) >= 11 is 5.34. The predicted molar refractivity (Wildman–Crippen MR) is 66.6 cm³/mol. The Morgan fingerprint density at radius 2 is 2.17 bits per heavy atom. The molecule has 0 bridgehead atoms. The van der Waals surface area contributed by atoms with Gasteiger partial charge in [0.15, 0.2) is 9.84 Å². The highest BCUT2D eigenvalue weighted by Crippen LogP contribution is 2.30. The zero-order chi connectivity index (χ0) is 13.2.